The molecule has 1 aliphatic rings. The van der Waals surface area contributed by atoms with Crippen LogP contribution >= 0.6 is 11.6 Å². The van der Waals surface area contributed by atoms with Gasteiger partial charge in [0, 0.05) is 37.6 Å². The molecule has 1 saturated heterocycles. The van der Waals surface area contributed by atoms with Crippen LogP contribution < -0.4 is 10.6 Å². The number of carbonyl (C=O) groups is 2. The molecule has 0 radical (unpaired) electrons. The summed E-state index contributed by atoms with van der Waals surface area (Å²) in [4.78, 5) is 26.6. The lowest BCUT2D eigenvalue weighted by molar-refractivity contribution is -0.123. The Balaban J connectivity index is 1.55. The third-order valence-corrected chi connectivity index (χ3v) is 5.16. The van der Waals surface area contributed by atoms with Crippen molar-refractivity contribution in [2.75, 3.05) is 13.1 Å². The fourth-order valence-electron chi connectivity index (χ4n) is 3.41. The zero-order chi connectivity index (χ0) is 20.6. The van der Waals surface area contributed by atoms with Crippen molar-refractivity contribution in [2.45, 2.75) is 32.4 Å². The van der Waals surface area contributed by atoms with E-state index in [1.165, 1.54) is 12.5 Å². The number of nitrogens with one attached hydrogen (secondary N) is 2. The summed E-state index contributed by atoms with van der Waals surface area (Å²) in [5.74, 6) is -0.514. The number of hydrogen-bond acceptors (Lipinski definition) is 3. The first-order valence-corrected chi connectivity index (χ1v) is 10.2. The minimum Gasteiger partial charge on any atom is -0.348 e. The van der Waals surface area contributed by atoms with Gasteiger partial charge in [-0.15, -0.1) is 0 Å². The van der Waals surface area contributed by atoms with Gasteiger partial charge >= 0.3 is 0 Å². The van der Waals surface area contributed by atoms with E-state index in [1.807, 2.05) is 54.6 Å². The van der Waals surface area contributed by atoms with Crippen LogP contribution in [0.3, 0.4) is 0 Å². The summed E-state index contributed by atoms with van der Waals surface area (Å²) in [6.07, 6.45) is 3.45. The Hall–Kier alpha value is -2.63. The van der Waals surface area contributed by atoms with Crippen LogP contribution in [-0.4, -0.2) is 35.8 Å². The molecule has 3 rings (SSSR count). The molecule has 0 unspecified atom stereocenters. The van der Waals surface area contributed by atoms with Crippen molar-refractivity contribution in [3.8, 4) is 0 Å². The van der Waals surface area contributed by atoms with Gasteiger partial charge in [-0.3, -0.25) is 14.5 Å². The predicted molar refractivity (Wildman–Crippen MR) is 116 cm³/mol. The molecular formula is C23H26ClN3O2. The van der Waals surface area contributed by atoms with Gasteiger partial charge in [-0.25, -0.2) is 0 Å². The number of carbonyl (C=O) groups excluding carboxylic acids is 2. The molecule has 29 heavy (non-hydrogen) atoms. The molecule has 2 aromatic rings. The number of likely N-dealkylation sites (tertiary alicyclic amines) is 1. The third-order valence-electron chi connectivity index (χ3n) is 4.91. The summed E-state index contributed by atoms with van der Waals surface area (Å²) in [6, 6.07) is 17.5. The molecule has 5 nitrogen and oxygen atoms in total. The van der Waals surface area contributed by atoms with Crippen LogP contribution in [0.5, 0.6) is 0 Å². The molecule has 152 valence electrons. The fourth-order valence-corrected chi connectivity index (χ4v) is 3.54. The van der Waals surface area contributed by atoms with Gasteiger partial charge in [-0.1, -0.05) is 54.1 Å². The van der Waals surface area contributed by atoms with E-state index in [0.29, 0.717) is 0 Å². The molecule has 0 saturated carbocycles. The average molecular weight is 412 g/mol. The van der Waals surface area contributed by atoms with Crippen molar-refractivity contribution in [3.63, 3.8) is 0 Å². The van der Waals surface area contributed by atoms with Crippen molar-refractivity contribution in [3.05, 3.63) is 76.4 Å². The maximum atomic E-state index is 12.7. The zero-order valence-corrected chi connectivity index (χ0v) is 17.3. The van der Waals surface area contributed by atoms with Gasteiger partial charge in [-0.2, -0.15) is 0 Å². The van der Waals surface area contributed by atoms with Crippen molar-refractivity contribution in [2.24, 2.45) is 0 Å². The highest BCUT2D eigenvalue weighted by atomic mass is 35.5. The molecule has 1 heterocycles. The largest absolute Gasteiger partial charge is 0.348 e. The number of rotatable bonds is 6. The number of hydrogen-bond donors (Lipinski definition) is 2. The standard InChI is InChI=1S/C23H26ClN3O2/c1-17(28)25-22(15-18-5-3-2-4-6-18)23(29)26-21-11-13-27(14-12-21)16-19-7-9-20(24)10-8-19/h2-10,15,21H,11-14,16H2,1H3,(H,25,28)(H,26,29)/b22-15-. The highest BCUT2D eigenvalue weighted by Crippen LogP contribution is 2.16. The summed E-state index contributed by atoms with van der Waals surface area (Å²) in [5.41, 5.74) is 2.37. The summed E-state index contributed by atoms with van der Waals surface area (Å²) in [7, 11) is 0. The van der Waals surface area contributed by atoms with Crippen molar-refractivity contribution in [1.29, 1.82) is 0 Å². The second-order valence-electron chi connectivity index (χ2n) is 7.30. The first-order valence-electron chi connectivity index (χ1n) is 9.81. The predicted octanol–water partition coefficient (Wildman–Crippen LogP) is 3.60. The topological polar surface area (TPSA) is 61.4 Å². The van der Waals surface area contributed by atoms with E-state index in [9.17, 15) is 9.59 Å². The Morgan fingerprint density at radius 3 is 2.34 bits per heavy atom. The van der Waals surface area contributed by atoms with Crippen LogP contribution in [-0.2, 0) is 16.1 Å². The van der Waals surface area contributed by atoms with Crippen molar-refractivity contribution >= 4 is 29.5 Å². The van der Waals surface area contributed by atoms with Crippen LogP contribution in [0.15, 0.2) is 60.3 Å². The van der Waals surface area contributed by atoms with Crippen molar-refractivity contribution in [1.82, 2.24) is 15.5 Å². The lowest BCUT2D eigenvalue weighted by Gasteiger charge is -2.32. The second kappa shape index (κ2) is 10.2. The van der Waals surface area contributed by atoms with E-state index in [0.717, 1.165) is 43.1 Å². The van der Waals surface area contributed by atoms with E-state index in [-0.39, 0.29) is 23.6 Å². The van der Waals surface area contributed by atoms with Gasteiger partial charge in [-0.05, 0) is 42.2 Å². The molecule has 2 amide bonds. The van der Waals surface area contributed by atoms with Gasteiger partial charge in [0.25, 0.3) is 5.91 Å². The molecule has 0 aromatic heterocycles. The van der Waals surface area contributed by atoms with Gasteiger partial charge in [0.2, 0.25) is 5.91 Å². The Morgan fingerprint density at radius 1 is 1.07 bits per heavy atom. The van der Waals surface area contributed by atoms with Crippen LogP contribution in [0, 0.1) is 0 Å². The molecule has 0 aliphatic carbocycles. The quantitative estimate of drug-likeness (QED) is 0.714. The smallest absolute Gasteiger partial charge is 0.268 e. The molecule has 0 spiro atoms. The number of piperidine rings is 1. The molecule has 1 aliphatic heterocycles. The minimum absolute atomic E-state index is 0.0944. The average Bonchev–Trinajstić information content (AvgIpc) is 2.71. The first kappa shape index (κ1) is 21.1. The number of nitrogens with zero attached hydrogens (tertiary/aromatic N) is 1. The molecule has 2 aromatic carbocycles. The summed E-state index contributed by atoms with van der Waals surface area (Å²) in [6.45, 7) is 4.10. The highest BCUT2D eigenvalue weighted by Gasteiger charge is 2.22. The summed E-state index contributed by atoms with van der Waals surface area (Å²) >= 11 is 5.95. The van der Waals surface area contributed by atoms with E-state index in [1.54, 1.807) is 6.08 Å². The summed E-state index contributed by atoms with van der Waals surface area (Å²) < 4.78 is 0. The van der Waals surface area contributed by atoms with Gasteiger partial charge < -0.3 is 10.6 Å². The van der Waals surface area contributed by atoms with E-state index in [2.05, 4.69) is 15.5 Å². The Kier molecular flexibility index (Phi) is 7.44. The number of amides is 2. The van der Waals surface area contributed by atoms with Gasteiger partial charge in [0.15, 0.2) is 0 Å². The normalized spacial score (nSPS) is 15.7. The van der Waals surface area contributed by atoms with Crippen LogP contribution in [0.25, 0.3) is 6.08 Å². The molecule has 2 N–H and O–H groups in total. The maximum absolute atomic E-state index is 12.7. The SMILES string of the molecule is CC(=O)N/C(=C\c1ccccc1)C(=O)NC1CCN(Cc2ccc(Cl)cc2)CC1. The molecular weight excluding hydrogens is 386 g/mol. The van der Waals surface area contributed by atoms with E-state index >= 15 is 0 Å². The van der Waals surface area contributed by atoms with Gasteiger partial charge in [0.1, 0.15) is 5.70 Å². The van der Waals surface area contributed by atoms with Gasteiger partial charge in [0.05, 0.1) is 0 Å². The van der Waals surface area contributed by atoms with E-state index < -0.39 is 0 Å². The summed E-state index contributed by atoms with van der Waals surface area (Å²) in [5, 5.41) is 6.47. The molecule has 1 fully saturated rings. The Bertz CT molecular complexity index is 857. The molecule has 6 heteroatoms. The minimum atomic E-state index is -0.264. The van der Waals surface area contributed by atoms with Crippen LogP contribution in [0.2, 0.25) is 5.02 Å². The van der Waals surface area contributed by atoms with Crippen LogP contribution in [0.1, 0.15) is 30.9 Å². The number of halogens is 1. The zero-order valence-electron chi connectivity index (χ0n) is 16.5. The fraction of sp³-hybridized carbons (Fsp3) is 0.304. The first-order chi connectivity index (χ1) is 14.0. The Morgan fingerprint density at radius 2 is 1.72 bits per heavy atom. The molecule has 0 bridgehead atoms. The number of benzene rings is 2. The van der Waals surface area contributed by atoms with E-state index in [4.69, 9.17) is 11.6 Å². The van der Waals surface area contributed by atoms with Crippen LogP contribution in [0.4, 0.5) is 0 Å². The van der Waals surface area contributed by atoms with Crippen molar-refractivity contribution < 1.29 is 9.59 Å². The maximum Gasteiger partial charge on any atom is 0.268 e. The third kappa shape index (κ3) is 6.73. The lowest BCUT2D eigenvalue weighted by atomic mass is 10.0. The highest BCUT2D eigenvalue weighted by molar-refractivity contribution is 6.30. The lowest BCUT2D eigenvalue weighted by Crippen LogP contribution is -2.46. The Labute approximate surface area is 176 Å². The molecule has 0 atom stereocenters. The monoisotopic (exact) mass is 411 g/mol. The second-order valence-corrected chi connectivity index (χ2v) is 7.74.